The van der Waals surface area contributed by atoms with Gasteiger partial charge < -0.3 is 14.7 Å². The lowest BCUT2D eigenvalue weighted by Crippen LogP contribution is -2.16. The highest BCUT2D eigenvalue weighted by Gasteiger charge is 2.19. The van der Waals surface area contributed by atoms with Crippen molar-refractivity contribution in [2.75, 3.05) is 0 Å². The Labute approximate surface area is 280 Å². The largest absolute Gasteiger partial charge is 0.455 e. The summed E-state index contributed by atoms with van der Waals surface area (Å²) in [7, 11) is 0. The molecule has 5 heteroatoms. The maximum absolute atomic E-state index is 6.39. The Morgan fingerprint density at radius 1 is 0.542 bits per heavy atom. The van der Waals surface area contributed by atoms with Gasteiger partial charge in [-0.15, -0.1) is 11.3 Å². The summed E-state index contributed by atoms with van der Waals surface area (Å²) in [6, 6.07) is 52.9. The second-order valence-corrected chi connectivity index (χ2v) is 13.2. The van der Waals surface area contributed by atoms with Crippen LogP contribution in [0.15, 0.2) is 166 Å². The van der Waals surface area contributed by atoms with Crippen molar-refractivity contribution in [2.24, 2.45) is 9.98 Å². The molecule has 0 saturated carbocycles. The molecule has 0 saturated heterocycles. The first kappa shape index (κ1) is 27.1. The zero-order valence-electron chi connectivity index (χ0n) is 25.7. The lowest BCUT2D eigenvalue weighted by atomic mass is 9.95. The van der Waals surface area contributed by atoms with E-state index in [0.717, 1.165) is 60.5 Å². The Bertz CT molecular complexity index is 2770. The first-order chi connectivity index (χ1) is 23.8. The van der Waals surface area contributed by atoms with Gasteiger partial charge in [0, 0.05) is 36.3 Å². The van der Waals surface area contributed by atoms with E-state index in [1.54, 1.807) is 11.3 Å². The Morgan fingerprint density at radius 2 is 1.23 bits per heavy atom. The predicted octanol–water partition coefficient (Wildman–Crippen LogP) is 12.1. The van der Waals surface area contributed by atoms with Crippen LogP contribution in [-0.4, -0.2) is 11.7 Å². The van der Waals surface area contributed by atoms with E-state index in [2.05, 4.69) is 121 Å². The van der Waals surface area contributed by atoms with E-state index >= 15 is 0 Å². The molecule has 7 aromatic carbocycles. The normalized spacial score (nSPS) is 14.9. The van der Waals surface area contributed by atoms with E-state index in [0.29, 0.717) is 11.7 Å². The summed E-state index contributed by atoms with van der Waals surface area (Å²) in [6.07, 6.45) is -0.424. The highest BCUT2D eigenvalue weighted by atomic mass is 32.1. The summed E-state index contributed by atoms with van der Waals surface area (Å²) in [5.41, 5.74) is 7.07. The number of furan rings is 1. The van der Waals surface area contributed by atoms with Gasteiger partial charge in [-0.05, 0) is 57.5 Å². The Hall–Kier alpha value is -6.04. The van der Waals surface area contributed by atoms with Gasteiger partial charge in [0.25, 0.3) is 0 Å². The van der Waals surface area contributed by atoms with Crippen LogP contribution in [0.1, 0.15) is 22.9 Å². The molecular formula is C43H26N3OS-. The second-order valence-electron chi connectivity index (χ2n) is 12.1. The van der Waals surface area contributed by atoms with Crippen LogP contribution in [0.2, 0.25) is 0 Å². The molecule has 0 radical (unpaired) electrons. The number of amidine groups is 2. The molecule has 48 heavy (non-hydrogen) atoms. The number of rotatable bonds is 4. The minimum absolute atomic E-state index is 0.424. The fourth-order valence-corrected chi connectivity index (χ4v) is 8.25. The Kier molecular flexibility index (Phi) is 6.08. The van der Waals surface area contributed by atoms with Crippen LogP contribution in [0.5, 0.6) is 0 Å². The molecule has 1 aliphatic heterocycles. The van der Waals surface area contributed by atoms with Crippen LogP contribution >= 0.6 is 11.3 Å². The molecule has 0 aliphatic carbocycles. The molecule has 0 amide bonds. The van der Waals surface area contributed by atoms with E-state index in [1.807, 2.05) is 30.3 Å². The van der Waals surface area contributed by atoms with E-state index in [1.165, 1.54) is 20.2 Å². The quantitative estimate of drug-likeness (QED) is 0.190. The molecule has 9 aromatic rings. The highest BCUT2D eigenvalue weighted by Crippen LogP contribution is 2.42. The summed E-state index contributed by atoms with van der Waals surface area (Å²) < 4.78 is 8.86. The molecule has 226 valence electrons. The van der Waals surface area contributed by atoms with Crippen LogP contribution in [0.25, 0.3) is 69.3 Å². The molecule has 0 N–H and O–H groups in total. The van der Waals surface area contributed by atoms with Gasteiger partial charge >= 0.3 is 0 Å². The third kappa shape index (κ3) is 4.29. The fraction of sp³-hybridized carbons (Fsp3) is 0.0233. The zero-order valence-corrected chi connectivity index (χ0v) is 26.5. The minimum Gasteiger partial charge on any atom is -0.455 e. The van der Waals surface area contributed by atoms with Crippen molar-refractivity contribution < 1.29 is 4.42 Å². The lowest BCUT2D eigenvalue weighted by Gasteiger charge is -2.32. The summed E-state index contributed by atoms with van der Waals surface area (Å²) in [6.45, 7) is 0. The van der Waals surface area contributed by atoms with Crippen LogP contribution in [0, 0.1) is 0 Å². The number of thiophene rings is 1. The van der Waals surface area contributed by atoms with Crippen LogP contribution in [0.3, 0.4) is 0 Å². The van der Waals surface area contributed by atoms with E-state index in [4.69, 9.17) is 19.7 Å². The fourth-order valence-electron chi connectivity index (χ4n) is 7.01. The molecule has 1 aliphatic rings. The Balaban J connectivity index is 1.10. The van der Waals surface area contributed by atoms with E-state index in [9.17, 15) is 0 Å². The van der Waals surface area contributed by atoms with Crippen LogP contribution in [-0.2, 0) is 0 Å². The maximum atomic E-state index is 6.39. The SMILES string of the molecule is c1ccc(C2=NC(c3cccc4c3sc3ccccc34)[N-]C(c3cccc(-c4cccc5c4ccc4c6ccccc6oc54)c3)=N2)cc1. The summed E-state index contributed by atoms with van der Waals surface area (Å²) in [5, 5.41) is 12.2. The molecular weight excluding hydrogens is 607 g/mol. The van der Waals surface area contributed by atoms with Crippen molar-refractivity contribution in [1.82, 2.24) is 0 Å². The van der Waals surface area contributed by atoms with E-state index in [-0.39, 0.29) is 0 Å². The first-order valence-corrected chi connectivity index (χ1v) is 16.9. The van der Waals surface area contributed by atoms with Crippen molar-refractivity contribution in [3.63, 3.8) is 0 Å². The van der Waals surface area contributed by atoms with Gasteiger partial charge in [-0.3, -0.25) is 4.99 Å². The van der Waals surface area contributed by atoms with Crippen molar-refractivity contribution in [1.29, 1.82) is 0 Å². The number of nitrogens with zero attached hydrogens (tertiary/aromatic N) is 3. The van der Waals surface area contributed by atoms with Crippen LogP contribution in [0.4, 0.5) is 0 Å². The van der Waals surface area contributed by atoms with Gasteiger partial charge in [0.2, 0.25) is 0 Å². The second kappa shape index (κ2) is 10.8. The number of benzene rings is 7. The van der Waals surface area contributed by atoms with Gasteiger partial charge in [0.05, 0.1) is 12.0 Å². The third-order valence-electron chi connectivity index (χ3n) is 9.28. The van der Waals surface area contributed by atoms with Crippen LogP contribution < -0.4 is 0 Å². The van der Waals surface area contributed by atoms with Crippen molar-refractivity contribution in [3.8, 4) is 11.1 Å². The van der Waals surface area contributed by atoms with Gasteiger partial charge in [0.15, 0.2) is 0 Å². The average Bonchev–Trinajstić information content (AvgIpc) is 3.74. The van der Waals surface area contributed by atoms with Crippen molar-refractivity contribution in [3.05, 3.63) is 174 Å². The van der Waals surface area contributed by atoms with Crippen molar-refractivity contribution >= 4 is 75.9 Å². The number of hydrogen-bond donors (Lipinski definition) is 0. The smallest absolute Gasteiger partial charge is 0.143 e. The third-order valence-corrected chi connectivity index (χ3v) is 10.5. The number of aliphatic imine (C=N–C) groups is 2. The van der Waals surface area contributed by atoms with Gasteiger partial charge in [0.1, 0.15) is 11.2 Å². The summed E-state index contributed by atoms with van der Waals surface area (Å²) in [5.74, 6) is 1.36. The molecule has 0 bridgehead atoms. The molecule has 3 heterocycles. The number of fused-ring (bicyclic) bond motifs is 8. The molecule has 2 aromatic heterocycles. The number of hydrogen-bond acceptors (Lipinski definition) is 4. The molecule has 4 nitrogen and oxygen atoms in total. The topological polar surface area (TPSA) is 52.0 Å². The maximum Gasteiger partial charge on any atom is 0.143 e. The Morgan fingerprint density at radius 3 is 2.17 bits per heavy atom. The molecule has 1 atom stereocenters. The zero-order chi connectivity index (χ0) is 31.6. The molecule has 10 rings (SSSR count). The molecule has 0 fully saturated rings. The standard InChI is InChI=1S/C43H26N3OS/c1-2-11-26(12-3-1)41-44-42(46-43(45-41)36-20-10-19-35-32-16-5-7-22-38(32)48-40(35)36)28-14-8-13-27(25-28)29-17-9-18-33-30(29)23-24-34-31-15-4-6-21-37(31)47-39(33)34/h1-25,43H/q-1. The summed E-state index contributed by atoms with van der Waals surface area (Å²) in [4.78, 5) is 10.2. The van der Waals surface area contributed by atoms with Gasteiger partial charge in [-0.1, -0.05) is 133 Å². The number of para-hydroxylation sites is 1. The molecule has 1 unspecified atom stereocenters. The van der Waals surface area contributed by atoms with E-state index < -0.39 is 6.17 Å². The highest BCUT2D eigenvalue weighted by molar-refractivity contribution is 7.26. The lowest BCUT2D eigenvalue weighted by molar-refractivity contribution is 0.672. The minimum atomic E-state index is -0.424. The van der Waals surface area contributed by atoms with Crippen molar-refractivity contribution in [2.45, 2.75) is 6.17 Å². The monoisotopic (exact) mass is 632 g/mol. The van der Waals surface area contributed by atoms with Gasteiger partial charge in [-0.25, -0.2) is 0 Å². The summed E-state index contributed by atoms with van der Waals surface area (Å²) >= 11 is 1.80. The predicted molar refractivity (Wildman–Crippen MR) is 202 cm³/mol. The average molecular weight is 633 g/mol. The first-order valence-electron chi connectivity index (χ1n) is 16.1. The van der Waals surface area contributed by atoms with Gasteiger partial charge in [-0.2, -0.15) is 0 Å². The molecule has 0 spiro atoms.